The highest BCUT2D eigenvalue weighted by atomic mass is 16.5. The lowest BCUT2D eigenvalue weighted by molar-refractivity contribution is -0.125. The van der Waals surface area contributed by atoms with Gasteiger partial charge in [0.25, 0.3) is 5.91 Å². The van der Waals surface area contributed by atoms with Gasteiger partial charge in [-0.15, -0.1) is 0 Å². The molecule has 0 aliphatic carbocycles. The summed E-state index contributed by atoms with van der Waals surface area (Å²) < 4.78 is 5.66. The van der Waals surface area contributed by atoms with Gasteiger partial charge in [0.15, 0.2) is 6.10 Å². The van der Waals surface area contributed by atoms with E-state index in [-0.39, 0.29) is 18.2 Å². The fourth-order valence-electron chi connectivity index (χ4n) is 3.84. The van der Waals surface area contributed by atoms with E-state index in [4.69, 9.17) is 10.5 Å². The number of anilines is 3. The molecule has 0 radical (unpaired) electrons. The molecule has 0 aromatic heterocycles. The Hall–Kier alpha value is -3.02. The number of fused-ring (bicyclic) bond motifs is 2. The Morgan fingerprint density at radius 2 is 1.96 bits per heavy atom. The van der Waals surface area contributed by atoms with E-state index in [1.54, 1.807) is 16.7 Å². The molecule has 0 fully saturated rings. The standard InChI is InChI=1S/C21H23N3O3/c1-14-21(26)24(18-8-2-3-10-19(18)27-14)13-11-20(25)23-12-5-6-15-16(22)7-4-9-17(15)23/h2-4,7-10,14H,5-6,11-13,22H2,1H3. The Bertz CT molecular complexity index is 896. The number of carbonyl (C=O) groups excluding carboxylic acids is 2. The van der Waals surface area contributed by atoms with E-state index in [2.05, 4.69) is 0 Å². The number of hydrogen-bond acceptors (Lipinski definition) is 4. The second kappa shape index (κ2) is 6.95. The van der Waals surface area contributed by atoms with Crippen LogP contribution in [0.1, 0.15) is 25.3 Å². The Morgan fingerprint density at radius 1 is 1.19 bits per heavy atom. The first-order chi connectivity index (χ1) is 13.1. The number of para-hydroxylation sites is 2. The highest BCUT2D eigenvalue weighted by Crippen LogP contribution is 2.34. The number of benzene rings is 2. The van der Waals surface area contributed by atoms with Crippen LogP contribution in [0.4, 0.5) is 17.1 Å². The zero-order valence-electron chi connectivity index (χ0n) is 15.4. The molecule has 1 unspecified atom stereocenters. The van der Waals surface area contributed by atoms with Gasteiger partial charge in [-0.1, -0.05) is 18.2 Å². The quantitative estimate of drug-likeness (QED) is 0.849. The monoisotopic (exact) mass is 365 g/mol. The van der Waals surface area contributed by atoms with Crippen molar-refractivity contribution in [1.29, 1.82) is 0 Å². The molecule has 6 heteroatoms. The summed E-state index contributed by atoms with van der Waals surface area (Å²) in [7, 11) is 0. The molecule has 1 atom stereocenters. The summed E-state index contributed by atoms with van der Waals surface area (Å²) in [6.45, 7) is 2.74. The largest absolute Gasteiger partial charge is 0.479 e. The molecule has 4 rings (SSSR count). The molecule has 2 aliphatic rings. The van der Waals surface area contributed by atoms with E-state index in [9.17, 15) is 9.59 Å². The predicted octanol–water partition coefficient (Wildman–Crippen LogP) is 2.75. The van der Waals surface area contributed by atoms with E-state index in [1.807, 2.05) is 42.5 Å². The van der Waals surface area contributed by atoms with Crippen LogP contribution in [-0.4, -0.2) is 31.0 Å². The molecule has 2 amide bonds. The zero-order chi connectivity index (χ0) is 19.0. The Morgan fingerprint density at radius 3 is 2.81 bits per heavy atom. The smallest absolute Gasteiger partial charge is 0.267 e. The van der Waals surface area contributed by atoms with Crippen molar-refractivity contribution in [2.24, 2.45) is 0 Å². The molecule has 0 bridgehead atoms. The van der Waals surface area contributed by atoms with Gasteiger partial charge in [-0.2, -0.15) is 0 Å². The summed E-state index contributed by atoms with van der Waals surface area (Å²) in [5.74, 6) is 0.559. The summed E-state index contributed by atoms with van der Waals surface area (Å²) in [5.41, 5.74) is 9.46. The normalized spacial score (nSPS) is 18.6. The average Bonchev–Trinajstić information content (AvgIpc) is 2.68. The van der Waals surface area contributed by atoms with E-state index < -0.39 is 6.10 Å². The van der Waals surface area contributed by atoms with Crippen molar-refractivity contribution in [2.75, 3.05) is 28.6 Å². The number of nitrogen functional groups attached to an aromatic ring is 1. The van der Waals surface area contributed by atoms with Crippen molar-refractivity contribution >= 4 is 28.9 Å². The minimum Gasteiger partial charge on any atom is -0.479 e. The number of ether oxygens (including phenoxy) is 1. The van der Waals surface area contributed by atoms with Crippen LogP contribution < -0.4 is 20.3 Å². The molecular formula is C21H23N3O3. The van der Waals surface area contributed by atoms with Gasteiger partial charge in [0.2, 0.25) is 5.91 Å². The summed E-state index contributed by atoms with van der Waals surface area (Å²) in [5, 5.41) is 0. The molecule has 0 saturated carbocycles. The Labute approximate surface area is 158 Å². The Balaban J connectivity index is 1.52. The van der Waals surface area contributed by atoms with Gasteiger partial charge in [0.05, 0.1) is 5.69 Å². The number of nitrogens with two attached hydrogens (primary N) is 1. The van der Waals surface area contributed by atoms with Crippen molar-refractivity contribution in [3.8, 4) is 5.75 Å². The van der Waals surface area contributed by atoms with Crippen molar-refractivity contribution in [1.82, 2.24) is 0 Å². The van der Waals surface area contributed by atoms with Crippen molar-refractivity contribution < 1.29 is 14.3 Å². The summed E-state index contributed by atoms with van der Waals surface area (Å²) >= 11 is 0. The number of amides is 2. The number of nitrogens with zero attached hydrogens (tertiary/aromatic N) is 2. The third-order valence-electron chi connectivity index (χ3n) is 5.21. The number of rotatable bonds is 3. The van der Waals surface area contributed by atoms with Crippen LogP contribution in [0.3, 0.4) is 0 Å². The molecule has 2 aliphatic heterocycles. The fourth-order valence-corrected chi connectivity index (χ4v) is 3.84. The lowest BCUT2D eigenvalue weighted by atomic mass is 9.99. The highest BCUT2D eigenvalue weighted by molar-refractivity contribution is 6.01. The molecule has 2 heterocycles. The first kappa shape index (κ1) is 17.4. The summed E-state index contributed by atoms with van der Waals surface area (Å²) in [4.78, 5) is 29.0. The predicted molar refractivity (Wildman–Crippen MR) is 105 cm³/mol. The molecule has 27 heavy (non-hydrogen) atoms. The van der Waals surface area contributed by atoms with Gasteiger partial charge < -0.3 is 20.3 Å². The second-order valence-electron chi connectivity index (χ2n) is 6.96. The first-order valence-electron chi connectivity index (χ1n) is 9.31. The van der Waals surface area contributed by atoms with Gasteiger partial charge >= 0.3 is 0 Å². The minimum atomic E-state index is -0.550. The van der Waals surface area contributed by atoms with Gasteiger partial charge in [0, 0.05) is 30.9 Å². The molecule has 2 aromatic carbocycles. The maximum Gasteiger partial charge on any atom is 0.267 e. The topological polar surface area (TPSA) is 75.9 Å². The molecule has 2 aromatic rings. The van der Waals surface area contributed by atoms with Crippen LogP contribution in [0.15, 0.2) is 42.5 Å². The third kappa shape index (κ3) is 3.12. The maximum absolute atomic E-state index is 12.9. The van der Waals surface area contributed by atoms with Gasteiger partial charge in [-0.25, -0.2) is 0 Å². The zero-order valence-corrected chi connectivity index (χ0v) is 15.4. The third-order valence-corrected chi connectivity index (χ3v) is 5.21. The van der Waals surface area contributed by atoms with Crippen LogP contribution in [0.5, 0.6) is 5.75 Å². The van der Waals surface area contributed by atoms with E-state index in [0.717, 1.165) is 35.5 Å². The van der Waals surface area contributed by atoms with Crippen LogP contribution in [0.2, 0.25) is 0 Å². The number of carbonyl (C=O) groups is 2. The van der Waals surface area contributed by atoms with Gasteiger partial charge in [-0.3, -0.25) is 9.59 Å². The van der Waals surface area contributed by atoms with Crippen LogP contribution in [0.25, 0.3) is 0 Å². The maximum atomic E-state index is 12.9. The Kier molecular flexibility index (Phi) is 4.48. The summed E-state index contributed by atoms with van der Waals surface area (Å²) in [6, 6.07) is 13.1. The lowest BCUT2D eigenvalue weighted by Crippen LogP contribution is -2.46. The molecular weight excluding hydrogens is 342 g/mol. The van der Waals surface area contributed by atoms with Crippen LogP contribution >= 0.6 is 0 Å². The van der Waals surface area contributed by atoms with E-state index in [0.29, 0.717) is 18.8 Å². The summed E-state index contributed by atoms with van der Waals surface area (Å²) in [6.07, 6.45) is 1.48. The van der Waals surface area contributed by atoms with Crippen molar-refractivity contribution in [3.63, 3.8) is 0 Å². The second-order valence-corrected chi connectivity index (χ2v) is 6.96. The van der Waals surface area contributed by atoms with Gasteiger partial charge in [-0.05, 0) is 49.6 Å². The molecule has 0 saturated heterocycles. The van der Waals surface area contributed by atoms with E-state index in [1.165, 1.54) is 0 Å². The SMILES string of the molecule is CC1Oc2ccccc2N(CCC(=O)N2CCCc3c(N)cccc32)C1=O. The number of hydrogen-bond donors (Lipinski definition) is 1. The van der Waals surface area contributed by atoms with Crippen LogP contribution in [0, 0.1) is 0 Å². The van der Waals surface area contributed by atoms with E-state index >= 15 is 0 Å². The molecule has 2 N–H and O–H groups in total. The lowest BCUT2D eigenvalue weighted by Gasteiger charge is -2.34. The average molecular weight is 365 g/mol. The highest BCUT2D eigenvalue weighted by Gasteiger charge is 2.32. The van der Waals surface area contributed by atoms with Crippen molar-refractivity contribution in [2.45, 2.75) is 32.3 Å². The van der Waals surface area contributed by atoms with Gasteiger partial charge in [0.1, 0.15) is 5.75 Å². The molecule has 6 nitrogen and oxygen atoms in total. The molecule has 140 valence electrons. The van der Waals surface area contributed by atoms with Crippen molar-refractivity contribution in [3.05, 3.63) is 48.0 Å². The van der Waals surface area contributed by atoms with Crippen LogP contribution in [-0.2, 0) is 16.0 Å². The fraction of sp³-hybridized carbons (Fsp3) is 0.333. The first-order valence-corrected chi connectivity index (χ1v) is 9.31. The minimum absolute atomic E-state index is 0.00553. The molecule has 0 spiro atoms.